The van der Waals surface area contributed by atoms with Crippen LogP contribution in [-0.2, 0) is 4.74 Å². The van der Waals surface area contributed by atoms with E-state index in [9.17, 15) is 10.1 Å². The highest BCUT2D eigenvalue weighted by Crippen LogP contribution is 2.33. The number of hydrogen-bond donors (Lipinski definition) is 2. The molecule has 1 unspecified atom stereocenters. The third-order valence-corrected chi connectivity index (χ3v) is 4.45. The van der Waals surface area contributed by atoms with Gasteiger partial charge in [-0.05, 0) is 31.0 Å². The molecular weight excluding hydrogens is 369 g/mol. The Labute approximate surface area is 153 Å². The molecule has 1 fully saturated rings. The maximum absolute atomic E-state index is 11.5. The number of benzene rings is 1. The molecule has 1 atom stereocenters. The van der Waals surface area contributed by atoms with E-state index in [1.165, 1.54) is 6.33 Å². The number of halogens is 2. The van der Waals surface area contributed by atoms with Gasteiger partial charge in [0.2, 0.25) is 11.6 Å². The van der Waals surface area contributed by atoms with Gasteiger partial charge in [-0.15, -0.1) is 0 Å². The first-order valence-electron chi connectivity index (χ1n) is 7.61. The zero-order chi connectivity index (χ0) is 17.8. The predicted octanol–water partition coefficient (Wildman–Crippen LogP) is 4.03. The Bertz CT molecular complexity index is 784. The highest BCUT2D eigenvalue weighted by atomic mass is 35.5. The molecule has 0 spiro atoms. The highest BCUT2D eigenvalue weighted by molar-refractivity contribution is 6.42. The standard InChI is InChI=1S/C15H15Cl2N5O3/c16-11-4-3-9(6-12(11)17)21-15-13(22(23)24)14(19-8-20-15)18-7-10-2-1-5-25-10/h3-4,6,8,10H,1-2,5,7H2,(H2,18,19,20,21). The number of aromatic nitrogens is 2. The van der Waals surface area contributed by atoms with Gasteiger partial charge < -0.3 is 15.4 Å². The van der Waals surface area contributed by atoms with E-state index in [1.807, 2.05) is 0 Å². The molecule has 1 saturated heterocycles. The van der Waals surface area contributed by atoms with Crippen molar-refractivity contribution in [3.8, 4) is 0 Å². The van der Waals surface area contributed by atoms with Gasteiger partial charge in [0, 0.05) is 18.8 Å². The lowest BCUT2D eigenvalue weighted by Crippen LogP contribution is -2.20. The molecule has 0 saturated carbocycles. The van der Waals surface area contributed by atoms with Crippen LogP contribution >= 0.6 is 23.2 Å². The predicted molar refractivity (Wildman–Crippen MR) is 95.9 cm³/mol. The highest BCUT2D eigenvalue weighted by Gasteiger charge is 2.24. The SMILES string of the molecule is O=[N+]([O-])c1c(NCC2CCCO2)ncnc1Nc1ccc(Cl)c(Cl)c1. The molecule has 1 aliphatic rings. The largest absolute Gasteiger partial charge is 0.376 e. The molecule has 1 aromatic carbocycles. The Morgan fingerprint density at radius 1 is 1.28 bits per heavy atom. The summed E-state index contributed by atoms with van der Waals surface area (Å²) in [4.78, 5) is 19.0. The summed E-state index contributed by atoms with van der Waals surface area (Å²) in [6.07, 6.45) is 3.19. The Kier molecular flexibility index (Phi) is 5.52. The molecule has 8 nitrogen and oxygen atoms in total. The Morgan fingerprint density at radius 2 is 2.08 bits per heavy atom. The van der Waals surface area contributed by atoms with E-state index in [-0.39, 0.29) is 23.4 Å². The maximum Gasteiger partial charge on any atom is 0.353 e. The van der Waals surface area contributed by atoms with Gasteiger partial charge in [0.1, 0.15) is 6.33 Å². The van der Waals surface area contributed by atoms with Gasteiger partial charge in [-0.1, -0.05) is 23.2 Å². The average Bonchev–Trinajstić information content (AvgIpc) is 3.09. The van der Waals surface area contributed by atoms with E-state index < -0.39 is 4.92 Å². The summed E-state index contributed by atoms with van der Waals surface area (Å²) in [7, 11) is 0. The lowest BCUT2D eigenvalue weighted by atomic mass is 10.2. The number of ether oxygens (including phenoxy) is 1. The van der Waals surface area contributed by atoms with Crippen LogP contribution in [0.3, 0.4) is 0 Å². The first-order valence-corrected chi connectivity index (χ1v) is 8.37. The monoisotopic (exact) mass is 383 g/mol. The second kappa shape index (κ2) is 7.81. The van der Waals surface area contributed by atoms with E-state index in [0.29, 0.717) is 28.9 Å². The molecule has 0 bridgehead atoms. The van der Waals surface area contributed by atoms with E-state index in [0.717, 1.165) is 12.8 Å². The van der Waals surface area contributed by atoms with Crippen LogP contribution in [0.15, 0.2) is 24.5 Å². The van der Waals surface area contributed by atoms with Crippen molar-refractivity contribution in [1.29, 1.82) is 0 Å². The second-order valence-corrected chi connectivity index (χ2v) is 6.26. The van der Waals surface area contributed by atoms with Gasteiger partial charge in [0.05, 0.1) is 21.1 Å². The number of hydrogen-bond acceptors (Lipinski definition) is 7. The Balaban J connectivity index is 1.83. The van der Waals surface area contributed by atoms with Gasteiger partial charge in [-0.2, -0.15) is 0 Å². The fourth-order valence-corrected chi connectivity index (χ4v) is 2.80. The summed E-state index contributed by atoms with van der Waals surface area (Å²) in [5, 5.41) is 18.1. The minimum absolute atomic E-state index is 0.0288. The normalized spacial score (nSPS) is 16.6. The molecule has 25 heavy (non-hydrogen) atoms. The molecule has 0 amide bonds. The van der Waals surface area contributed by atoms with Crippen LogP contribution in [0, 0.1) is 10.1 Å². The van der Waals surface area contributed by atoms with E-state index >= 15 is 0 Å². The molecule has 1 aliphatic heterocycles. The Hall–Kier alpha value is -2.16. The van der Waals surface area contributed by atoms with Gasteiger partial charge >= 0.3 is 5.69 Å². The first kappa shape index (κ1) is 17.7. The van der Waals surface area contributed by atoms with Crippen molar-refractivity contribution in [2.45, 2.75) is 18.9 Å². The summed E-state index contributed by atoms with van der Waals surface area (Å²) in [5.74, 6) is 0.200. The van der Waals surface area contributed by atoms with Crippen molar-refractivity contribution >= 4 is 46.2 Å². The maximum atomic E-state index is 11.5. The van der Waals surface area contributed by atoms with Crippen molar-refractivity contribution in [1.82, 2.24) is 9.97 Å². The lowest BCUT2D eigenvalue weighted by Gasteiger charge is -2.13. The van der Waals surface area contributed by atoms with Gasteiger partial charge in [0.25, 0.3) is 0 Å². The van der Waals surface area contributed by atoms with E-state index in [2.05, 4.69) is 20.6 Å². The summed E-state index contributed by atoms with van der Waals surface area (Å²) < 4.78 is 5.51. The minimum Gasteiger partial charge on any atom is -0.376 e. The third-order valence-electron chi connectivity index (χ3n) is 3.71. The van der Waals surface area contributed by atoms with Crippen molar-refractivity contribution < 1.29 is 9.66 Å². The number of nitrogens with one attached hydrogen (secondary N) is 2. The molecule has 2 N–H and O–H groups in total. The van der Waals surface area contributed by atoms with Gasteiger partial charge in [-0.3, -0.25) is 10.1 Å². The molecule has 3 rings (SSSR count). The molecule has 2 heterocycles. The smallest absolute Gasteiger partial charge is 0.353 e. The van der Waals surface area contributed by atoms with Crippen molar-refractivity contribution in [3.63, 3.8) is 0 Å². The number of rotatable bonds is 6. The molecular formula is C15H15Cl2N5O3. The topological polar surface area (TPSA) is 102 Å². The third kappa shape index (κ3) is 4.28. The molecule has 1 aromatic heterocycles. The molecule has 0 aliphatic carbocycles. The second-order valence-electron chi connectivity index (χ2n) is 5.45. The quantitative estimate of drug-likeness (QED) is 0.573. The van der Waals surface area contributed by atoms with Gasteiger partial charge in [-0.25, -0.2) is 9.97 Å². The van der Waals surface area contributed by atoms with Crippen molar-refractivity contribution in [2.24, 2.45) is 0 Å². The molecule has 2 aromatic rings. The van der Waals surface area contributed by atoms with Crippen LogP contribution in [0.4, 0.5) is 23.0 Å². The zero-order valence-corrected chi connectivity index (χ0v) is 14.5. The molecule has 10 heteroatoms. The van der Waals surface area contributed by atoms with Crippen molar-refractivity contribution in [3.05, 3.63) is 44.7 Å². The summed E-state index contributed by atoms with van der Waals surface area (Å²) >= 11 is 11.8. The average molecular weight is 384 g/mol. The number of anilines is 3. The van der Waals surface area contributed by atoms with Gasteiger partial charge in [0.15, 0.2) is 0 Å². The van der Waals surface area contributed by atoms with Crippen LogP contribution in [0.25, 0.3) is 0 Å². The van der Waals surface area contributed by atoms with E-state index in [1.54, 1.807) is 18.2 Å². The van der Waals surface area contributed by atoms with E-state index in [4.69, 9.17) is 27.9 Å². The lowest BCUT2D eigenvalue weighted by molar-refractivity contribution is -0.383. The zero-order valence-electron chi connectivity index (χ0n) is 13.0. The van der Waals surface area contributed by atoms with Crippen LogP contribution < -0.4 is 10.6 Å². The molecule has 132 valence electrons. The van der Waals surface area contributed by atoms with Crippen LogP contribution in [0.5, 0.6) is 0 Å². The fourth-order valence-electron chi connectivity index (χ4n) is 2.50. The fraction of sp³-hybridized carbons (Fsp3) is 0.333. The van der Waals surface area contributed by atoms with Crippen molar-refractivity contribution in [2.75, 3.05) is 23.8 Å². The minimum atomic E-state index is -0.530. The molecule has 0 radical (unpaired) electrons. The Morgan fingerprint density at radius 3 is 2.76 bits per heavy atom. The first-order chi connectivity index (χ1) is 12.0. The van der Waals surface area contributed by atoms with Crippen LogP contribution in [-0.4, -0.2) is 34.1 Å². The number of nitro groups is 1. The summed E-state index contributed by atoms with van der Waals surface area (Å²) in [6, 6.07) is 4.81. The number of nitrogens with zero attached hydrogens (tertiary/aromatic N) is 3. The van der Waals surface area contributed by atoms with Crippen LogP contribution in [0.1, 0.15) is 12.8 Å². The summed E-state index contributed by atoms with van der Waals surface area (Å²) in [5.41, 5.74) is 0.285. The summed E-state index contributed by atoms with van der Waals surface area (Å²) in [6.45, 7) is 1.16. The van der Waals surface area contributed by atoms with Crippen LogP contribution in [0.2, 0.25) is 10.0 Å².